The molecule has 1 saturated heterocycles. The number of hydrogen-bond donors (Lipinski definition) is 0. The molecule has 0 saturated carbocycles. The molecule has 7 heteroatoms. The van der Waals surface area contributed by atoms with E-state index in [-0.39, 0.29) is 17.9 Å². The maximum atomic E-state index is 13.3. The zero-order chi connectivity index (χ0) is 18.1. The van der Waals surface area contributed by atoms with Crippen LogP contribution in [0.3, 0.4) is 0 Å². The van der Waals surface area contributed by atoms with E-state index in [2.05, 4.69) is 4.98 Å². The van der Waals surface area contributed by atoms with Crippen LogP contribution in [0.4, 0.5) is 9.52 Å². The Balaban J connectivity index is 1.34. The first-order valence-electron chi connectivity index (χ1n) is 8.37. The molecule has 4 rings (SSSR count). The summed E-state index contributed by atoms with van der Waals surface area (Å²) in [5.74, 6) is 0.119. The standard InChI is InChI=1S/C19H17FN2O3S/c1-2-24-14-6-3-12(4-7-14)18(23)25-15-10-22(11-15)19-21-16-8-5-13(20)9-17(16)26-19/h3-9,15H,2,10-11H2,1H3. The van der Waals surface area contributed by atoms with Crippen LogP contribution in [-0.2, 0) is 4.74 Å². The number of nitrogens with zero attached hydrogens (tertiary/aromatic N) is 2. The molecule has 0 bridgehead atoms. The lowest BCUT2D eigenvalue weighted by molar-refractivity contribution is 0.0234. The summed E-state index contributed by atoms with van der Waals surface area (Å²) in [6, 6.07) is 11.5. The highest BCUT2D eigenvalue weighted by atomic mass is 32.1. The molecule has 134 valence electrons. The number of thiazole rings is 1. The molecule has 1 aromatic heterocycles. The fraction of sp³-hybridized carbons (Fsp3) is 0.263. The van der Waals surface area contributed by atoms with Crippen LogP contribution in [-0.4, -0.2) is 36.8 Å². The fourth-order valence-corrected chi connectivity index (χ4v) is 3.77. The van der Waals surface area contributed by atoms with Gasteiger partial charge in [0.15, 0.2) is 5.13 Å². The summed E-state index contributed by atoms with van der Waals surface area (Å²) in [5, 5.41) is 0.818. The lowest BCUT2D eigenvalue weighted by Crippen LogP contribution is -2.53. The maximum Gasteiger partial charge on any atom is 0.338 e. The molecule has 0 spiro atoms. The Hall–Kier alpha value is -2.67. The predicted octanol–water partition coefficient (Wildman–Crippen LogP) is 3.88. The van der Waals surface area contributed by atoms with Gasteiger partial charge in [0, 0.05) is 0 Å². The van der Waals surface area contributed by atoms with Crippen molar-refractivity contribution in [3.05, 3.63) is 53.8 Å². The van der Waals surface area contributed by atoms with Gasteiger partial charge in [-0.15, -0.1) is 0 Å². The quantitative estimate of drug-likeness (QED) is 0.636. The molecule has 5 nitrogen and oxygen atoms in total. The third-order valence-corrected chi connectivity index (χ3v) is 5.21. The first kappa shape index (κ1) is 16.8. The van der Waals surface area contributed by atoms with Crippen molar-refractivity contribution < 1.29 is 18.7 Å². The van der Waals surface area contributed by atoms with Gasteiger partial charge in [-0.2, -0.15) is 0 Å². The van der Waals surface area contributed by atoms with E-state index in [1.807, 2.05) is 11.8 Å². The molecule has 1 aliphatic heterocycles. The largest absolute Gasteiger partial charge is 0.494 e. The topological polar surface area (TPSA) is 51.7 Å². The van der Waals surface area contributed by atoms with Gasteiger partial charge in [-0.25, -0.2) is 14.2 Å². The van der Waals surface area contributed by atoms with Gasteiger partial charge in [-0.3, -0.25) is 0 Å². The van der Waals surface area contributed by atoms with Gasteiger partial charge in [0.2, 0.25) is 0 Å². The second-order valence-electron chi connectivity index (χ2n) is 6.00. The van der Waals surface area contributed by atoms with E-state index in [9.17, 15) is 9.18 Å². The molecule has 2 aromatic carbocycles. The lowest BCUT2D eigenvalue weighted by Gasteiger charge is -2.38. The van der Waals surface area contributed by atoms with Gasteiger partial charge in [-0.05, 0) is 49.4 Å². The molecule has 2 heterocycles. The highest BCUT2D eigenvalue weighted by Gasteiger charge is 2.32. The molecule has 0 unspecified atom stereocenters. The van der Waals surface area contributed by atoms with E-state index in [4.69, 9.17) is 9.47 Å². The van der Waals surface area contributed by atoms with Crippen LogP contribution >= 0.6 is 11.3 Å². The van der Waals surface area contributed by atoms with E-state index >= 15 is 0 Å². The minimum Gasteiger partial charge on any atom is -0.494 e. The Morgan fingerprint density at radius 3 is 2.77 bits per heavy atom. The number of anilines is 1. The average molecular weight is 372 g/mol. The summed E-state index contributed by atoms with van der Waals surface area (Å²) in [4.78, 5) is 18.7. The minimum atomic E-state index is -0.343. The van der Waals surface area contributed by atoms with Crippen LogP contribution in [0.2, 0.25) is 0 Å². The third kappa shape index (κ3) is 3.35. The van der Waals surface area contributed by atoms with Gasteiger partial charge in [0.1, 0.15) is 17.7 Å². The number of rotatable bonds is 5. The molecule has 0 N–H and O–H groups in total. The number of aromatic nitrogens is 1. The first-order valence-corrected chi connectivity index (χ1v) is 9.19. The van der Waals surface area contributed by atoms with Crippen LogP contribution < -0.4 is 9.64 Å². The molecular weight excluding hydrogens is 355 g/mol. The zero-order valence-corrected chi connectivity index (χ0v) is 15.0. The van der Waals surface area contributed by atoms with Crippen molar-refractivity contribution in [1.29, 1.82) is 0 Å². The number of hydrogen-bond acceptors (Lipinski definition) is 6. The van der Waals surface area contributed by atoms with E-state index in [1.165, 1.54) is 23.5 Å². The number of halogens is 1. The summed E-state index contributed by atoms with van der Waals surface area (Å²) >= 11 is 1.44. The maximum absolute atomic E-state index is 13.3. The highest BCUT2D eigenvalue weighted by Crippen LogP contribution is 2.32. The van der Waals surface area contributed by atoms with Crippen molar-refractivity contribution in [3.8, 4) is 5.75 Å². The lowest BCUT2D eigenvalue weighted by atomic mass is 10.1. The summed E-state index contributed by atoms with van der Waals surface area (Å²) in [5.41, 5.74) is 1.28. The van der Waals surface area contributed by atoms with E-state index in [1.54, 1.807) is 30.3 Å². The number of fused-ring (bicyclic) bond motifs is 1. The van der Waals surface area contributed by atoms with Gasteiger partial charge in [0.25, 0.3) is 0 Å². The monoisotopic (exact) mass is 372 g/mol. The zero-order valence-electron chi connectivity index (χ0n) is 14.1. The fourth-order valence-electron chi connectivity index (χ4n) is 2.76. The average Bonchev–Trinajstić information content (AvgIpc) is 3.00. The minimum absolute atomic E-state index is 0.169. The summed E-state index contributed by atoms with van der Waals surface area (Å²) < 4.78 is 25.0. The number of carbonyl (C=O) groups excluding carboxylic acids is 1. The molecule has 26 heavy (non-hydrogen) atoms. The normalized spacial score (nSPS) is 14.3. The number of ether oxygens (including phenoxy) is 2. The Kier molecular flexibility index (Phi) is 4.46. The predicted molar refractivity (Wildman–Crippen MR) is 98.6 cm³/mol. The summed E-state index contributed by atoms with van der Waals surface area (Å²) in [6.45, 7) is 3.67. The molecule has 0 aliphatic carbocycles. The smallest absolute Gasteiger partial charge is 0.338 e. The van der Waals surface area contributed by atoms with Crippen LogP contribution in [0.5, 0.6) is 5.75 Å². The Morgan fingerprint density at radius 1 is 1.27 bits per heavy atom. The van der Waals surface area contributed by atoms with Gasteiger partial charge >= 0.3 is 5.97 Å². The Bertz CT molecular complexity index is 936. The van der Waals surface area contributed by atoms with Crippen LogP contribution in [0.1, 0.15) is 17.3 Å². The third-order valence-electron chi connectivity index (χ3n) is 4.13. The van der Waals surface area contributed by atoms with Crippen molar-refractivity contribution in [2.45, 2.75) is 13.0 Å². The van der Waals surface area contributed by atoms with Crippen molar-refractivity contribution in [2.75, 3.05) is 24.6 Å². The van der Waals surface area contributed by atoms with E-state index in [0.717, 1.165) is 21.1 Å². The highest BCUT2D eigenvalue weighted by molar-refractivity contribution is 7.22. The molecule has 3 aromatic rings. The van der Waals surface area contributed by atoms with Crippen molar-refractivity contribution in [1.82, 2.24) is 4.98 Å². The second-order valence-corrected chi connectivity index (χ2v) is 7.01. The Morgan fingerprint density at radius 2 is 2.04 bits per heavy atom. The van der Waals surface area contributed by atoms with E-state index < -0.39 is 0 Å². The summed E-state index contributed by atoms with van der Waals surface area (Å²) in [6.07, 6.45) is -0.169. The Labute approximate surface area is 154 Å². The van der Waals surface area contributed by atoms with Crippen LogP contribution in [0.15, 0.2) is 42.5 Å². The molecule has 0 amide bonds. The first-order chi connectivity index (χ1) is 12.6. The molecule has 1 fully saturated rings. The summed E-state index contributed by atoms with van der Waals surface area (Å²) in [7, 11) is 0. The van der Waals surface area contributed by atoms with Crippen molar-refractivity contribution in [2.24, 2.45) is 0 Å². The molecule has 0 radical (unpaired) electrons. The second kappa shape index (κ2) is 6.92. The number of esters is 1. The van der Waals surface area contributed by atoms with E-state index in [0.29, 0.717) is 25.3 Å². The molecule has 0 atom stereocenters. The number of carbonyl (C=O) groups is 1. The van der Waals surface area contributed by atoms with Crippen LogP contribution in [0.25, 0.3) is 10.2 Å². The molecule has 1 aliphatic rings. The number of benzene rings is 2. The van der Waals surface area contributed by atoms with Crippen LogP contribution in [0, 0.1) is 5.82 Å². The van der Waals surface area contributed by atoms with Gasteiger partial charge in [0.05, 0.1) is 35.5 Å². The van der Waals surface area contributed by atoms with Gasteiger partial charge in [-0.1, -0.05) is 11.3 Å². The molecular formula is C19H17FN2O3S. The van der Waals surface area contributed by atoms with Gasteiger partial charge < -0.3 is 14.4 Å². The SMILES string of the molecule is CCOc1ccc(C(=O)OC2CN(c3nc4ccc(F)cc4s3)C2)cc1. The van der Waals surface area contributed by atoms with Crippen molar-refractivity contribution >= 4 is 32.7 Å². The van der Waals surface area contributed by atoms with Crippen molar-refractivity contribution in [3.63, 3.8) is 0 Å².